The van der Waals surface area contributed by atoms with Gasteiger partial charge in [0.25, 0.3) is 0 Å². The first-order valence-electron chi connectivity index (χ1n) is 8.09. The summed E-state index contributed by atoms with van der Waals surface area (Å²) in [5.41, 5.74) is 1.94. The lowest BCUT2D eigenvalue weighted by Gasteiger charge is -2.22. The summed E-state index contributed by atoms with van der Waals surface area (Å²) in [6.45, 7) is -0.198. The molecule has 0 amide bonds. The maximum absolute atomic E-state index is 12.3. The minimum absolute atomic E-state index is 0. The summed E-state index contributed by atoms with van der Waals surface area (Å²) in [6, 6.07) is 10.6. The van der Waals surface area contributed by atoms with E-state index in [2.05, 4.69) is 10.3 Å². The molecule has 0 unspecified atom stereocenters. The van der Waals surface area contributed by atoms with Crippen molar-refractivity contribution in [3.8, 4) is 5.75 Å². The molecule has 0 atom stereocenters. The van der Waals surface area contributed by atoms with E-state index in [-0.39, 0.29) is 29.7 Å². The van der Waals surface area contributed by atoms with Crippen LogP contribution in [0, 0.1) is 0 Å². The molecule has 0 saturated heterocycles. The number of rotatable bonds is 6. The molecule has 1 N–H and O–H groups in total. The number of nitrogens with zero attached hydrogens (tertiary/aromatic N) is 3. The van der Waals surface area contributed by atoms with Crippen molar-refractivity contribution < 1.29 is 17.9 Å². The largest absolute Gasteiger partial charge is 0.484 e. The number of nitrogens with one attached hydrogen (secondary N) is 1. The molecule has 0 radical (unpaired) electrons. The molecule has 9 heteroatoms. The lowest BCUT2D eigenvalue weighted by Crippen LogP contribution is -2.38. The average molecular weight is 496 g/mol. The zero-order chi connectivity index (χ0) is 19.2. The van der Waals surface area contributed by atoms with Crippen molar-refractivity contribution in [1.82, 2.24) is 14.8 Å². The number of ether oxygens (including phenoxy) is 1. The number of hydrogen-bond acceptors (Lipinski definition) is 2. The number of hydrogen-bond donors (Lipinski definition) is 1. The van der Waals surface area contributed by atoms with Crippen LogP contribution in [-0.4, -0.2) is 42.3 Å². The van der Waals surface area contributed by atoms with Crippen LogP contribution in [0.15, 0.2) is 47.6 Å². The topological polar surface area (TPSA) is 41.8 Å². The molecule has 2 aromatic rings. The Hall–Kier alpha value is -1.91. The van der Waals surface area contributed by atoms with E-state index >= 15 is 0 Å². The number of aryl methyl sites for hydroxylation is 1. The van der Waals surface area contributed by atoms with Crippen molar-refractivity contribution in [2.75, 3.05) is 20.7 Å². The second-order valence-electron chi connectivity index (χ2n) is 5.92. The molecule has 0 aliphatic rings. The van der Waals surface area contributed by atoms with Crippen LogP contribution in [0.25, 0.3) is 0 Å². The van der Waals surface area contributed by atoms with Gasteiger partial charge in [0, 0.05) is 39.6 Å². The van der Waals surface area contributed by atoms with E-state index in [1.54, 1.807) is 19.2 Å². The fourth-order valence-electron chi connectivity index (χ4n) is 2.45. The van der Waals surface area contributed by atoms with E-state index in [4.69, 9.17) is 4.74 Å². The predicted octanol–water partition coefficient (Wildman–Crippen LogP) is 3.79. The number of benzene rings is 1. The monoisotopic (exact) mass is 496 g/mol. The van der Waals surface area contributed by atoms with Crippen LogP contribution in [0.4, 0.5) is 13.2 Å². The molecule has 0 fully saturated rings. The normalized spacial score (nSPS) is 11.7. The molecule has 0 saturated carbocycles. The quantitative estimate of drug-likeness (QED) is 0.376. The third-order valence-corrected chi connectivity index (χ3v) is 3.78. The lowest BCUT2D eigenvalue weighted by molar-refractivity contribution is -0.153. The Morgan fingerprint density at radius 1 is 1.26 bits per heavy atom. The molecule has 27 heavy (non-hydrogen) atoms. The second-order valence-corrected chi connectivity index (χ2v) is 5.92. The Bertz CT molecular complexity index is 746. The highest BCUT2D eigenvalue weighted by atomic mass is 127. The average Bonchev–Trinajstić information content (AvgIpc) is 2.98. The Labute approximate surface area is 174 Å². The highest BCUT2D eigenvalue weighted by molar-refractivity contribution is 14.0. The van der Waals surface area contributed by atoms with E-state index in [0.29, 0.717) is 19.0 Å². The lowest BCUT2D eigenvalue weighted by atomic mass is 10.2. The molecular weight excluding hydrogens is 472 g/mol. The molecule has 0 spiro atoms. The Balaban J connectivity index is 0.00000364. The van der Waals surface area contributed by atoms with Gasteiger partial charge in [-0.3, -0.25) is 4.99 Å². The molecule has 5 nitrogen and oxygen atoms in total. The van der Waals surface area contributed by atoms with Crippen LogP contribution in [0.5, 0.6) is 5.75 Å². The Morgan fingerprint density at radius 3 is 2.59 bits per heavy atom. The molecule has 1 aromatic carbocycles. The molecule has 1 heterocycles. The maximum Gasteiger partial charge on any atom is 0.422 e. The number of aliphatic imine (C=N–C) groups is 1. The first-order valence-corrected chi connectivity index (χ1v) is 8.09. The molecule has 1 aromatic heterocycles. The van der Waals surface area contributed by atoms with E-state index in [1.807, 2.05) is 48.0 Å². The first kappa shape index (κ1) is 23.1. The van der Waals surface area contributed by atoms with Gasteiger partial charge in [-0.1, -0.05) is 12.1 Å². The molecule has 0 bridgehead atoms. The summed E-state index contributed by atoms with van der Waals surface area (Å²) >= 11 is 0. The smallest absolute Gasteiger partial charge is 0.422 e. The van der Waals surface area contributed by atoms with Crippen LogP contribution < -0.4 is 10.1 Å². The highest BCUT2D eigenvalue weighted by Crippen LogP contribution is 2.19. The van der Waals surface area contributed by atoms with Gasteiger partial charge in [-0.25, -0.2) is 0 Å². The van der Waals surface area contributed by atoms with Crippen molar-refractivity contribution in [3.05, 3.63) is 53.9 Å². The van der Waals surface area contributed by atoms with E-state index in [0.717, 1.165) is 11.3 Å². The van der Waals surface area contributed by atoms with Gasteiger partial charge in [0.1, 0.15) is 5.75 Å². The molecule has 0 aliphatic heterocycles. The maximum atomic E-state index is 12.3. The summed E-state index contributed by atoms with van der Waals surface area (Å²) in [4.78, 5) is 6.22. The van der Waals surface area contributed by atoms with Crippen LogP contribution >= 0.6 is 24.0 Å². The molecular formula is C18H24F3IN4O. The van der Waals surface area contributed by atoms with E-state index in [9.17, 15) is 13.2 Å². The number of guanidine groups is 1. The number of alkyl halides is 3. The fraction of sp³-hybridized carbons (Fsp3) is 0.389. The third kappa shape index (κ3) is 7.69. The van der Waals surface area contributed by atoms with Gasteiger partial charge in [0.2, 0.25) is 0 Å². The summed E-state index contributed by atoms with van der Waals surface area (Å²) in [6.07, 6.45) is -2.37. The summed E-state index contributed by atoms with van der Waals surface area (Å²) in [5.74, 6) is 0.876. The third-order valence-electron chi connectivity index (χ3n) is 3.78. The van der Waals surface area contributed by atoms with Crippen LogP contribution in [0.1, 0.15) is 11.3 Å². The molecule has 2 rings (SSSR count). The molecule has 150 valence electrons. The van der Waals surface area contributed by atoms with Gasteiger partial charge in [-0.2, -0.15) is 13.2 Å². The van der Waals surface area contributed by atoms with E-state index in [1.165, 1.54) is 6.07 Å². The predicted molar refractivity (Wildman–Crippen MR) is 110 cm³/mol. The van der Waals surface area contributed by atoms with Gasteiger partial charge in [-0.15, -0.1) is 24.0 Å². The second kappa shape index (κ2) is 10.4. The minimum Gasteiger partial charge on any atom is -0.484 e. The van der Waals surface area contributed by atoms with E-state index < -0.39 is 12.8 Å². The summed E-state index contributed by atoms with van der Waals surface area (Å²) < 4.78 is 43.6. The van der Waals surface area contributed by atoms with Gasteiger partial charge in [0.15, 0.2) is 12.6 Å². The summed E-state index contributed by atoms with van der Waals surface area (Å²) in [7, 11) is 5.59. The van der Waals surface area contributed by atoms with Crippen LogP contribution in [0.2, 0.25) is 0 Å². The van der Waals surface area contributed by atoms with Gasteiger partial charge in [0.05, 0.1) is 6.54 Å². The van der Waals surface area contributed by atoms with Crippen molar-refractivity contribution in [3.63, 3.8) is 0 Å². The van der Waals surface area contributed by atoms with Crippen molar-refractivity contribution in [2.24, 2.45) is 12.0 Å². The van der Waals surface area contributed by atoms with Gasteiger partial charge in [-0.05, 0) is 29.8 Å². The van der Waals surface area contributed by atoms with Crippen LogP contribution in [0.3, 0.4) is 0 Å². The molecule has 0 aliphatic carbocycles. The zero-order valence-corrected chi connectivity index (χ0v) is 17.8. The van der Waals surface area contributed by atoms with Gasteiger partial charge >= 0.3 is 6.18 Å². The zero-order valence-electron chi connectivity index (χ0n) is 15.5. The van der Waals surface area contributed by atoms with Crippen molar-refractivity contribution in [1.29, 1.82) is 0 Å². The number of halogens is 4. The Kier molecular flexibility index (Phi) is 8.94. The SMILES string of the molecule is CN=C(NCc1cccc(OCC(F)(F)F)c1)N(C)Cc1cccn1C.I. The number of aromatic nitrogens is 1. The minimum atomic E-state index is -4.35. The van der Waals surface area contributed by atoms with Gasteiger partial charge < -0.3 is 19.5 Å². The van der Waals surface area contributed by atoms with Crippen LogP contribution in [-0.2, 0) is 20.1 Å². The standard InChI is InChI=1S/C18H23F3N4O.HI/c1-22-17(25(3)12-15-7-5-9-24(15)2)23-11-14-6-4-8-16(10-14)26-13-18(19,20)21;/h4-10H,11-13H2,1-3H3,(H,22,23);1H. The van der Waals surface area contributed by atoms with Crippen molar-refractivity contribution >= 4 is 29.9 Å². The summed E-state index contributed by atoms with van der Waals surface area (Å²) in [5, 5.41) is 3.21. The first-order chi connectivity index (χ1) is 12.3. The fourth-order valence-corrected chi connectivity index (χ4v) is 2.45. The van der Waals surface area contributed by atoms with Crippen molar-refractivity contribution in [2.45, 2.75) is 19.3 Å². The Morgan fingerprint density at radius 2 is 2.00 bits per heavy atom. The highest BCUT2D eigenvalue weighted by Gasteiger charge is 2.28.